The van der Waals surface area contributed by atoms with Crippen LogP contribution in [0.3, 0.4) is 0 Å². The zero-order valence-corrected chi connectivity index (χ0v) is 10.2. The molecule has 2 nitrogen and oxygen atoms in total. The maximum atomic E-state index is 6.31. The van der Waals surface area contributed by atoms with Gasteiger partial charge in [0.05, 0.1) is 5.66 Å². The van der Waals surface area contributed by atoms with Crippen LogP contribution in [-0.4, -0.2) is 11.7 Å². The van der Waals surface area contributed by atoms with Gasteiger partial charge in [0.1, 0.15) is 0 Å². The maximum Gasteiger partial charge on any atom is 0.0684 e. The molecule has 14 heavy (non-hydrogen) atoms. The van der Waals surface area contributed by atoms with E-state index in [9.17, 15) is 0 Å². The monoisotopic (exact) mass is 198 g/mol. The summed E-state index contributed by atoms with van der Waals surface area (Å²) < 4.78 is 0. The summed E-state index contributed by atoms with van der Waals surface area (Å²) in [6.07, 6.45) is 6.70. The second kappa shape index (κ2) is 4.19. The van der Waals surface area contributed by atoms with Crippen LogP contribution in [0.1, 0.15) is 59.8 Å². The normalized spacial score (nSPS) is 24.6. The fourth-order valence-corrected chi connectivity index (χ4v) is 1.89. The van der Waals surface area contributed by atoms with Crippen molar-refractivity contribution in [3.05, 3.63) is 0 Å². The average Bonchev–Trinajstić information content (AvgIpc) is 2.03. The first kappa shape index (κ1) is 12.0. The van der Waals surface area contributed by atoms with Crippen LogP contribution in [0.15, 0.2) is 0 Å². The van der Waals surface area contributed by atoms with Crippen molar-refractivity contribution in [2.24, 2.45) is 11.1 Å². The lowest BCUT2D eigenvalue weighted by Crippen LogP contribution is -2.62. The van der Waals surface area contributed by atoms with Crippen molar-refractivity contribution < 1.29 is 0 Å². The summed E-state index contributed by atoms with van der Waals surface area (Å²) in [5, 5.41) is 3.61. The van der Waals surface area contributed by atoms with Crippen LogP contribution in [0, 0.1) is 5.41 Å². The third kappa shape index (κ3) is 2.96. The highest BCUT2D eigenvalue weighted by atomic mass is 15.1. The first-order valence-corrected chi connectivity index (χ1v) is 5.89. The zero-order valence-electron chi connectivity index (χ0n) is 10.2. The molecule has 1 unspecified atom stereocenters. The summed E-state index contributed by atoms with van der Waals surface area (Å²) in [5.74, 6) is 0. The van der Waals surface area contributed by atoms with Gasteiger partial charge in [-0.15, -0.1) is 0 Å². The lowest BCUT2D eigenvalue weighted by Gasteiger charge is -2.43. The van der Waals surface area contributed by atoms with Crippen LogP contribution in [0.2, 0.25) is 0 Å². The first-order valence-electron chi connectivity index (χ1n) is 5.89. The van der Waals surface area contributed by atoms with Gasteiger partial charge in [0.15, 0.2) is 0 Å². The second-order valence-corrected chi connectivity index (χ2v) is 5.93. The zero-order chi connectivity index (χ0) is 10.8. The molecule has 84 valence electrons. The molecule has 0 amide bonds. The van der Waals surface area contributed by atoms with Crippen molar-refractivity contribution in [1.82, 2.24) is 5.32 Å². The molecule has 0 aliphatic heterocycles. The molecule has 0 heterocycles. The number of hydrogen-bond acceptors (Lipinski definition) is 2. The van der Waals surface area contributed by atoms with Gasteiger partial charge in [0, 0.05) is 6.04 Å². The second-order valence-electron chi connectivity index (χ2n) is 5.93. The van der Waals surface area contributed by atoms with E-state index in [1.807, 2.05) is 0 Å². The van der Waals surface area contributed by atoms with Crippen LogP contribution in [0.25, 0.3) is 0 Å². The van der Waals surface area contributed by atoms with E-state index in [4.69, 9.17) is 5.73 Å². The van der Waals surface area contributed by atoms with E-state index in [1.165, 1.54) is 32.1 Å². The molecular formula is C12H26N2. The van der Waals surface area contributed by atoms with Gasteiger partial charge in [-0.3, -0.25) is 5.32 Å². The smallest absolute Gasteiger partial charge is 0.0684 e. The Balaban J connectivity index is 2.49. The molecule has 0 aromatic rings. The number of hydrogen-bond donors (Lipinski definition) is 2. The molecule has 0 radical (unpaired) electrons. The molecule has 3 N–H and O–H groups in total. The number of nitrogens with two attached hydrogens (primary N) is 1. The highest BCUT2D eigenvalue weighted by Crippen LogP contribution is 2.28. The van der Waals surface area contributed by atoms with Gasteiger partial charge in [-0.2, -0.15) is 0 Å². The lowest BCUT2D eigenvalue weighted by molar-refractivity contribution is 0.133. The molecular weight excluding hydrogens is 172 g/mol. The summed E-state index contributed by atoms with van der Waals surface area (Å²) in [6.45, 7) is 8.70. The highest BCUT2D eigenvalue weighted by Gasteiger charge is 2.35. The molecule has 2 heteroatoms. The van der Waals surface area contributed by atoms with E-state index in [0.717, 1.165) is 0 Å². The Morgan fingerprint density at radius 1 is 1.00 bits per heavy atom. The van der Waals surface area contributed by atoms with Gasteiger partial charge in [0.25, 0.3) is 0 Å². The Morgan fingerprint density at radius 2 is 1.50 bits per heavy atom. The van der Waals surface area contributed by atoms with E-state index in [1.54, 1.807) is 0 Å². The Morgan fingerprint density at radius 3 is 1.93 bits per heavy atom. The average molecular weight is 198 g/mol. The van der Waals surface area contributed by atoms with E-state index < -0.39 is 0 Å². The van der Waals surface area contributed by atoms with Gasteiger partial charge in [-0.1, -0.05) is 40.0 Å². The molecule has 1 aliphatic rings. The van der Waals surface area contributed by atoms with Gasteiger partial charge >= 0.3 is 0 Å². The Hall–Kier alpha value is -0.0800. The van der Waals surface area contributed by atoms with E-state index in [2.05, 4.69) is 33.0 Å². The first-order chi connectivity index (χ1) is 6.33. The lowest BCUT2D eigenvalue weighted by atomic mass is 9.81. The molecule has 0 aromatic carbocycles. The predicted octanol–water partition coefficient (Wildman–Crippen LogP) is 2.63. The Bertz CT molecular complexity index is 173. The standard InChI is InChI=1S/C12H26N2/c1-11(2,3)12(4,13)14-10-8-6-5-7-9-10/h10,14H,5-9,13H2,1-4H3. The van der Waals surface area contributed by atoms with Crippen LogP contribution in [0.4, 0.5) is 0 Å². The molecule has 1 aliphatic carbocycles. The minimum absolute atomic E-state index is 0.116. The maximum absolute atomic E-state index is 6.31. The number of rotatable bonds is 2. The van der Waals surface area contributed by atoms with E-state index in [0.29, 0.717) is 6.04 Å². The molecule has 0 aromatic heterocycles. The Kier molecular flexibility index (Phi) is 3.59. The third-order valence-corrected chi connectivity index (χ3v) is 3.67. The van der Waals surface area contributed by atoms with Crippen molar-refractivity contribution in [3.8, 4) is 0 Å². The van der Waals surface area contributed by atoms with Crippen LogP contribution >= 0.6 is 0 Å². The fourth-order valence-electron chi connectivity index (χ4n) is 1.89. The van der Waals surface area contributed by atoms with Gasteiger partial charge in [0.2, 0.25) is 0 Å². The predicted molar refractivity (Wildman–Crippen MR) is 62.1 cm³/mol. The molecule has 1 atom stereocenters. The fraction of sp³-hybridized carbons (Fsp3) is 1.00. The van der Waals surface area contributed by atoms with Gasteiger partial charge in [-0.05, 0) is 25.2 Å². The van der Waals surface area contributed by atoms with Crippen molar-refractivity contribution in [3.63, 3.8) is 0 Å². The molecule has 1 fully saturated rings. The molecule has 1 rings (SSSR count). The highest BCUT2D eigenvalue weighted by molar-refractivity contribution is 4.91. The van der Waals surface area contributed by atoms with E-state index in [-0.39, 0.29) is 11.1 Å². The molecule has 0 spiro atoms. The summed E-state index contributed by atoms with van der Waals surface area (Å²) in [4.78, 5) is 0. The van der Waals surface area contributed by atoms with Crippen molar-refractivity contribution in [1.29, 1.82) is 0 Å². The molecule has 0 bridgehead atoms. The molecule has 0 saturated heterocycles. The van der Waals surface area contributed by atoms with Crippen molar-refractivity contribution in [2.45, 2.75) is 71.5 Å². The largest absolute Gasteiger partial charge is 0.313 e. The quantitative estimate of drug-likeness (QED) is 0.669. The summed E-state index contributed by atoms with van der Waals surface area (Å²) in [5.41, 5.74) is 6.17. The topological polar surface area (TPSA) is 38.0 Å². The molecule has 1 saturated carbocycles. The van der Waals surface area contributed by atoms with Crippen LogP contribution in [-0.2, 0) is 0 Å². The minimum Gasteiger partial charge on any atom is -0.313 e. The Labute approximate surface area is 88.6 Å². The third-order valence-electron chi connectivity index (χ3n) is 3.67. The van der Waals surface area contributed by atoms with Gasteiger partial charge in [-0.25, -0.2) is 0 Å². The number of nitrogens with one attached hydrogen (secondary N) is 1. The summed E-state index contributed by atoms with van der Waals surface area (Å²) in [6, 6.07) is 0.637. The van der Waals surface area contributed by atoms with Gasteiger partial charge < -0.3 is 5.73 Å². The van der Waals surface area contributed by atoms with Crippen LogP contribution in [0.5, 0.6) is 0 Å². The summed E-state index contributed by atoms with van der Waals surface area (Å²) >= 11 is 0. The minimum atomic E-state index is -0.255. The van der Waals surface area contributed by atoms with E-state index >= 15 is 0 Å². The van der Waals surface area contributed by atoms with Crippen molar-refractivity contribution >= 4 is 0 Å². The van der Waals surface area contributed by atoms with Crippen LogP contribution < -0.4 is 11.1 Å². The van der Waals surface area contributed by atoms with Crippen molar-refractivity contribution in [2.75, 3.05) is 0 Å². The summed E-state index contributed by atoms with van der Waals surface area (Å²) in [7, 11) is 0. The SMILES string of the molecule is CC(C)(C)C(C)(N)NC1CCCCC1.